The third-order valence-electron chi connectivity index (χ3n) is 4.16. The van der Waals surface area contributed by atoms with Crippen molar-refractivity contribution in [1.82, 2.24) is 10.2 Å². The Kier molecular flexibility index (Phi) is 7.37. The van der Waals surface area contributed by atoms with Crippen LogP contribution in [0.25, 0.3) is 0 Å². The Labute approximate surface area is 152 Å². The maximum Gasteiger partial charge on any atom is 0.308 e. The number of amides is 1. The number of piperidine rings is 1. The Morgan fingerprint density at radius 2 is 1.92 bits per heavy atom. The summed E-state index contributed by atoms with van der Waals surface area (Å²) in [6.45, 7) is 3.93. The molecular weight excluding hydrogens is 339 g/mol. The molecule has 2 rings (SSSR count). The van der Waals surface area contributed by atoms with E-state index in [1.54, 1.807) is 0 Å². The van der Waals surface area contributed by atoms with E-state index in [0.29, 0.717) is 44.1 Å². The second-order valence-electron chi connectivity index (χ2n) is 6.01. The first-order chi connectivity index (χ1) is 12.5. The summed E-state index contributed by atoms with van der Waals surface area (Å²) in [4.78, 5) is 30.1. The van der Waals surface area contributed by atoms with Crippen molar-refractivity contribution in [1.29, 1.82) is 0 Å². The van der Waals surface area contributed by atoms with Crippen LogP contribution in [0.4, 0.5) is 10.1 Å². The number of nitrogens with zero attached hydrogens (tertiary/aromatic N) is 2. The fraction of sp³-hybridized carbons (Fsp3) is 0.500. The molecule has 0 spiro atoms. The topological polar surface area (TPSA) is 83.0 Å². The summed E-state index contributed by atoms with van der Waals surface area (Å²) in [5.41, 5.74) is 0.524. The minimum Gasteiger partial charge on any atom is -0.469 e. The summed E-state index contributed by atoms with van der Waals surface area (Å²) in [6, 6.07) is 5.57. The molecule has 26 heavy (non-hydrogen) atoms. The number of ether oxygens (including phenoxy) is 1. The summed E-state index contributed by atoms with van der Waals surface area (Å²) in [5, 5.41) is 5.85. The van der Waals surface area contributed by atoms with Gasteiger partial charge in [0.15, 0.2) is 5.96 Å². The Hall–Kier alpha value is -2.64. The molecule has 1 aromatic rings. The van der Waals surface area contributed by atoms with Gasteiger partial charge in [0, 0.05) is 25.3 Å². The predicted molar refractivity (Wildman–Crippen MR) is 97.3 cm³/mol. The van der Waals surface area contributed by atoms with E-state index in [-0.39, 0.29) is 30.2 Å². The average molecular weight is 364 g/mol. The molecule has 7 nitrogen and oxygen atoms in total. The average Bonchev–Trinajstić information content (AvgIpc) is 2.66. The molecule has 1 aliphatic heterocycles. The van der Waals surface area contributed by atoms with Gasteiger partial charge in [-0.25, -0.2) is 9.38 Å². The van der Waals surface area contributed by atoms with Crippen LogP contribution >= 0.6 is 0 Å². The fourth-order valence-electron chi connectivity index (χ4n) is 2.80. The molecule has 0 saturated carbocycles. The number of anilines is 1. The molecule has 1 aliphatic rings. The molecule has 0 atom stereocenters. The van der Waals surface area contributed by atoms with Gasteiger partial charge in [0.2, 0.25) is 5.91 Å². The number of esters is 1. The van der Waals surface area contributed by atoms with Gasteiger partial charge < -0.3 is 20.3 Å². The first kappa shape index (κ1) is 19.7. The van der Waals surface area contributed by atoms with Gasteiger partial charge in [-0.2, -0.15) is 0 Å². The van der Waals surface area contributed by atoms with Crippen molar-refractivity contribution in [3.8, 4) is 0 Å². The van der Waals surface area contributed by atoms with Crippen LogP contribution in [0.1, 0.15) is 19.8 Å². The van der Waals surface area contributed by atoms with E-state index < -0.39 is 0 Å². The largest absolute Gasteiger partial charge is 0.469 e. The van der Waals surface area contributed by atoms with E-state index in [9.17, 15) is 14.0 Å². The van der Waals surface area contributed by atoms with Crippen LogP contribution in [0.3, 0.4) is 0 Å². The number of hydrogen-bond acceptors (Lipinski definition) is 4. The number of carbonyl (C=O) groups excluding carboxylic acids is 2. The van der Waals surface area contributed by atoms with Gasteiger partial charge in [-0.15, -0.1) is 0 Å². The Bertz CT molecular complexity index is 640. The number of nitrogens with one attached hydrogen (secondary N) is 2. The lowest BCUT2D eigenvalue weighted by atomic mass is 9.97. The highest BCUT2D eigenvalue weighted by molar-refractivity contribution is 5.94. The third kappa shape index (κ3) is 5.72. The van der Waals surface area contributed by atoms with E-state index in [1.165, 1.54) is 31.4 Å². The first-order valence-electron chi connectivity index (χ1n) is 8.70. The number of guanidine groups is 1. The molecule has 2 N–H and O–H groups in total. The zero-order valence-electron chi connectivity index (χ0n) is 15.1. The Morgan fingerprint density at radius 1 is 1.27 bits per heavy atom. The monoisotopic (exact) mass is 364 g/mol. The molecule has 1 heterocycles. The van der Waals surface area contributed by atoms with Gasteiger partial charge in [-0.1, -0.05) is 0 Å². The molecule has 1 aromatic carbocycles. The lowest BCUT2D eigenvalue weighted by molar-refractivity contribution is -0.146. The SMILES string of the molecule is CCNC(=NCC(=O)Nc1ccc(F)cc1)N1CCC(C(=O)OC)CC1. The minimum absolute atomic E-state index is 0.0450. The number of methoxy groups -OCH3 is 1. The molecule has 0 aliphatic carbocycles. The number of halogens is 1. The number of benzene rings is 1. The Balaban J connectivity index is 1.90. The molecule has 142 valence electrons. The van der Waals surface area contributed by atoms with Crippen molar-refractivity contribution < 1.29 is 18.7 Å². The van der Waals surface area contributed by atoms with Gasteiger partial charge in [0.25, 0.3) is 0 Å². The smallest absolute Gasteiger partial charge is 0.308 e. The van der Waals surface area contributed by atoms with Crippen LogP contribution in [-0.4, -0.2) is 56.0 Å². The van der Waals surface area contributed by atoms with Gasteiger partial charge in [-0.3, -0.25) is 9.59 Å². The van der Waals surface area contributed by atoms with Crippen molar-refractivity contribution in [3.63, 3.8) is 0 Å². The van der Waals surface area contributed by atoms with Gasteiger partial charge in [0.1, 0.15) is 12.4 Å². The van der Waals surface area contributed by atoms with Crippen LogP contribution in [0.2, 0.25) is 0 Å². The predicted octanol–water partition coefficient (Wildman–Crippen LogP) is 1.61. The highest BCUT2D eigenvalue weighted by atomic mass is 19.1. The standard InChI is InChI=1S/C18H25FN4O3/c1-3-20-18(23-10-8-13(9-11-23)17(25)26-2)21-12-16(24)22-15-6-4-14(19)5-7-15/h4-7,13H,3,8-12H2,1-2H3,(H,20,21)(H,22,24). The van der Waals surface area contributed by atoms with Crippen LogP contribution in [0.15, 0.2) is 29.3 Å². The molecule has 0 bridgehead atoms. The fourth-order valence-corrected chi connectivity index (χ4v) is 2.80. The van der Waals surface area contributed by atoms with Crippen molar-refractivity contribution >= 4 is 23.5 Å². The molecule has 0 aromatic heterocycles. The summed E-state index contributed by atoms with van der Waals surface area (Å²) >= 11 is 0. The lowest BCUT2D eigenvalue weighted by Crippen LogP contribution is -2.47. The number of carbonyl (C=O) groups is 2. The lowest BCUT2D eigenvalue weighted by Gasteiger charge is -2.33. The van der Waals surface area contributed by atoms with E-state index in [2.05, 4.69) is 15.6 Å². The minimum atomic E-state index is -0.356. The van der Waals surface area contributed by atoms with E-state index in [0.717, 1.165) is 0 Å². The second kappa shape index (κ2) is 9.74. The molecular formula is C18H25FN4O3. The maximum atomic E-state index is 12.9. The normalized spacial score (nSPS) is 15.5. The second-order valence-corrected chi connectivity index (χ2v) is 6.01. The highest BCUT2D eigenvalue weighted by Gasteiger charge is 2.27. The summed E-state index contributed by atoms with van der Waals surface area (Å²) in [7, 11) is 1.40. The van der Waals surface area contributed by atoms with E-state index >= 15 is 0 Å². The van der Waals surface area contributed by atoms with Crippen molar-refractivity contribution in [3.05, 3.63) is 30.1 Å². The van der Waals surface area contributed by atoms with E-state index in [1.807, 2.05) is 11.8 Å². The van der Waals surface area contributed by atoms with Gasteiger partial charge in [-0.05, 0) is 44.0 Å². The molecule has 0 radical (unpaired) electrons. The highest BCUT2D eigenvalue weighted by Crippen LogP contribution is 2.18. The molecule has 0 unspecified atom stereocenters. The number of likely N-dealkylation sites (tertiary alicyclic amines) is 1. The van der Waals surface area contributed by atoms with Crippen LogP contribution in [0, 0.1) is 11.7 Å². The number of rotatable bonds is 5. The maximum absolute atomic E-state index is 12.9. The Morgan fingerprint density at radius 3 is 2.50 bits per heavy atom. The number of hydrogen-bond donors (Lipinski definition) is 2. The van der Waals surface area contributed by atoms with Crippen molar-refractivity contribution in [2.75, 3.05) is 38.6 Å². The third-order valence-corrected chi connectivity index (χ3v) is 4.16. The van der Waals surface area contributed by atoms with Gasteiger partial charge >= 0.3 is 5.97 Å². The molecule has 1 saturated heterocycles. The van der Waals surface area contributed by atoms with Crippen LogP contribution in [0.5, 0.6) is 0 Å². The summed E-state index contributed by atoms with van der Waals surface area (Å²) in [5.74, 6) is -0.251. The quantitative estimate of drug-likeness (QED) is 0.471. The van der Waals surface area contributed by atoms with Crippen molar-refractivity contribution in [2.45, 2.75) is 19.8 Å². The van der Waals surface area contributed by atoms with E-state index in [4.69, 9.17) is 4.74 Å². The summed E-state index contributed by atoms with van der Waals surface area (Å²) in [6.07, 6.45) is 1.39. The summed E-state index contributed by atoms with van der Waals surface area (Å²) < 4.78 is 17.7. The molecule has 1 fully saturated rings. The van der Waals surface area contributed by atoms with Crippen LogP contribution in [-0.2, 0) is 14.3 Å². The first-order valence-corrected chi connectivity index (χ1v) is 8.70. The zero-order valence-corrected chi connectivity index (χ0v) is 15.1. The van der Waals surface area contributed by atoms with Crippen LogP contribution < -0.4 is 10.6 Å². The zero-order chi connectivity index (χ0) is 18.9. The number of aliphatic imine (C=N–C) groups is 1. The molecule has 8 heteroatoms. The molecule has 1 amide bonds. The van der Waals surface area contributed by atoms with Crippen molar-refractivity contribution in [2.24, 2.45) is 10.9 Å². The van der Waals surface area contributed by atoms with Gasteiger partial charge in [0.05, 0.1) is 13.0 Å².